The lowest BCUT2D eigenvalue weighted by Crippen LogP contribution is -2.37. The normalized spacial score (nSPS) is 12.8. The molecule has 4 heteroatoms. The molecule has 1 aromatic rings. The standard InChI is InChI=1S/C12H16ClNO2/c1-9(14(2)7-8-15)12(16)10-3-5-11(13)6-4-10/h3-6,9,15H,7-8H2,1-2H3. The summed E-state index contributed by atoms with van der Waals surface area (Å²) < 4.78 is 0. The van der Waals surface area contributed by atoms with E-state index in [1.807, 2.05) is 18.9 Å². The monoisotopic (exact) mass is 241 g/mol. The molecule has 0 heterocycles. The van der Waals surface area contributed by atoms with Gasteiger partial charge in [0.15, 0.2) is 5.78 Å². The summed E-state index contributed by atoms with van der Waals surface area (Å²) >= 11 is 5.75. The Morgan fingerprint density at radius 2 is 2.00 bits per heavy atom. The van der Waals surface area contributed by atoms with Crippen molar-refractivity contribution in [3.63, 3.8) is 0 Å². The number of rotatable bonds is 5. The van der Waals surface area contributed by atoms with Crippen LogP contribution in [-0.4, -0.2) is 42.0 Å². The largest absolute Gasteiger partial charge is 0.395 e. The van der Waals surface area contributed by atoms with Crippen LogP contribution >= 0.6 is 11.6 Å². The van der Waals surface area contributed by atoms with Crippen molar-refractivity contribution in [2.75, 3.05) is 20.2 Å². The molecule has 0 fully saturated rings. The van der Waals surface area contributed by atoms with Gasteiger partial charge in [-0.15, -0.1) is 0 Å². The van der Waals surface area contributed by atoms with Gasteiger partial charge in [0.05, 0.1) is 12.6 Å². The smallest absolute Gasteiger partial charge is 0.179 e. The quantitative estimate of drug-likeness (QED) is 0.800. The average Bonchev–Trinajstić information content (AvgIpc) is 2.28. The maximum Gasteiger partial charge on any atom is 0.179 e. The van der Waals surface area contributed by atoms with Crippen LogP contribution in [0.15, 0.2) is 24.3 Å². The van der Waals surface area contributed by atoms with E-state index in [4.69, 9.17) is 16.7 Å². The number of hydrogen-bond donors (Lipinski definition) is 1. The van der Waals surface area contributed by atoms with Gasteiger partial charge in [-0.05, 0) is 38.2 Å². The molecule has 0 aliphatic carbocycles. The second-order valence-electron chi connectivity index (χ2n) is 3.75. The predicted molar refractivity (Wildman–Crippen MR) is 65.0 cm³/mol. The topological polar surface area (TPSA) is 40.5 Å². The van der Waals surface area contributed by atoms with Gasteiger partial charge in [0.25, 0.3) is 0 Å². The number of benzene rings is 1. The predicted octanol–water partition coefficient (Wildman–Crippen LogP) is 1.84. The molecule has 0 amide bonds. The Bertz CT molecular complexity index is 351. The van der Waals surface area contributed by atoms with E-state index in [0.29, 0.717) is 17.1 Å². The maximum absolute atomic E-state index is 12.0. The highest BCUT2D eigenvalue weighted by Gasteiger charge is 2.18. The van der Waals surface area contributed by atoms with Gasteiger partial charge in [0.1, 0.15) is 0 Å². The van der Waals surface area contributed by atoms with Gasteiger partial charge >= 0.3 is 0 Å². The number of aliphatic hydroxyl groups excluding tert-OH is 1. The molecule has 0 aliphatic heterocycles. The van der Waals surface area contributed by atoms with Crippen LogP contribution in [-0.2, 0) is 0 Å². The summed E-state index contributed by atoms with van der Waals surface area (Å²) in [5, 5.41) is 9.42. The van der Waals surface area contributed by atoms with Crippen molar-refractivity contribution in [3.8, 4) is 0 Å². The Hall–Kier alpha value is -0.900. The number of halogens is 1. The molecule has 1 rings (SSSR count). The third kappa shape index (κ3) is 3.30. The average molecular weight is 242 g/mol. The number of nitrogens with zero attached hydrogens (tertiary/aromatic N) is 1. The number of ketones is 1. The fraction of sp³-hybridized carbons (Fsp3) is 0.417. The zero-order valence-electron chi connectivity index (χ0n) is 9.48. The molecule has 0 spiro atoms. The number of hydrogen-bond acceptors (Lipinski definition) is 3. The van der Waals surface area contributed by atoms with E-state index < -0.39 is 0 Å². The van der Waals surface area contributed by atoms with E-state index in [2.05, 4.69) is 0 Å². The minimum atomic E-state index is -0.242. The van der Waals surface area contributed by atoms with Crippen LogP contribution in [0.1, 0.15) is 17.3 Å². The van der Waals surface area contributed by atoms with Crippen LogP contribution < -0.4 is 0 Å². The molecule has 0 aliphatic rings. The van der Waals surface area contributed by atoms with Gasteiger partial charge in [0.2, 0.25) is 0 Å². The Labute approximate surface area is 101 Å². The van der Waals surface area contributed by atoms with Crippen LogP contribution in [0.25, 0.3) is 0 Å². The number of Topliss-reactive ketones (excluding diaryl/α,β-unsaturated/α-hetero) is 1. The molecule has 16 heavy (non-hydrogen) atoms. The van der Waals surface area contributed by atoms with Gasteiger partial charge in [-0.1, -0.05) is 11.6 Å². The lowest BCUT2D eigenvalue weighted by Gasteiger charge is -2.22. The molecule has 88 valence electrons. The Kier molecular flexibility index (Phi) is 4.93. The minimum Gasteiger partial charge on any atom is -0.395 e. The molecule has 3 nitrogen and oxygen atoms in total. The van der Waals surface area contributed by atoms with E-state index >= 15 is 0 Å². The molecule has 0 saturated heterocycles. The van der Waals surface area contributed by atoms with Crippen molar-refractivity contribution >= 4 is 17.4 Å². The number of carbonyl (C=O) groups excluding carboxylic acids is 1. The molecule has 1 aromatic carbocycles. The van der Waals surface area contributed by atoms with E-state index in [1.54, 1.807) is 24.3 Å². The first-order valence-electron chi connectivity index (χ1n) is 5.17. The highest BCUT2D eigenvalue weighted by Crippen LogP contribution is 2.12. The molecule has 0 radical (unpaired) electrons. The minimum absolute atomic E-state index is 0.0348. The van der Waals surface area contributed by atoms with Gasteiger partial charge in [0, 0.05) is 17.1 Å². The first-order valence-corrected chi connectivity index (χ1v) is 5.55. The van der Waals surface area contributed by atoms with Crippen LogP contribution in [0.2, 0.25) is 5.02 Å². The van der Waals surface area contributed by atoms with Crippen molar-refractivity contribution < 1.29 is 9.90 Å². The number of carbonyl (C=O) groups is 1. The Balaban J connectivity index is 2.73. The van der Waals surface area contributed by atoms with E-state index in [9.17, 15) is 4.79 Å². The molecule has 1 unspecified atom stereocenters. The fourth-order valence-electron chi connectivity index (χ4n) is 1.41. The van der Waals surface area contributed by atoms with Gasteiger partial charge in [-0.25, -0.2) is 0 Å². The first-order chi connectivity index (χ1) is 7.56. The van der Waals surface area contributed by atoms with Crippen molar-refractivity contribution in [1.82, 2.24) is 4.90 Å². The van der Waals surface area contributed by atoms with Gasteiger partial charge in [-0.2, -0.15) is 0 Å². The van der Waals surface area contributed by atoms with E-state index in [-0.39, 0.29) is 18.4 Å². The third-order valence-electron chi connectivity index (χ3n) is 2.62. The van der Waals surface area contributed by atoms with E-state index in [1.165, 1.54) is 0 Å². The maximum atomic E-state index is 12.0. The Morgan fingerprint density at radius 3 is 2.50 bits per heavy atom. The summed E-state index contributed by atoms with van der Waals surface area (Å²) in [4.78, 5) is 13.8. The van der Waals surface area contributed by atoms with Crippen molar-refractivity contribution in [2.45, 2.75) is 13.0 Å². The molecule has 0 aromatic heterocycles. The summed E-state index contributed by atoms with van der Waals surface area (Å²) in [6, 6.07) is 6.59. The van der Waals surface area contributed by atoms with Crippen LogP contribution in [0.4, 0.5) is 0 Å². The van der Waals surface area contributed by atoms with Crippen molar-refractivity contribution in [3.05, 3.63) is 34.9 Å². The lowest BCUT2D eigenvalue weighted by molar-refractivity contribution is 0.0848. The summed E-state index contributed by atoms with van der Waals surface area (Å²) in [7, 11) is 1.81. The lowest BCUT2D eigenvalue weighted by atomic mass is 10.0. The third-order valence-corrected chi connectivity index (χ3v) is 2.87. The molecule has 1 N–H and O–H groups in total. The van der Waals surface area contributed by atoms with Crippen molar-refractivity contribution in [1.29, 1.82) is 0 Å². The first kappa shape index (κ1) is 13.2. The molecule has 0 bridgehead atoms. The fourth-order valence-corrected chi connectivity index (χ4v) is 1.53. The zero-order valence-corrected chi connectivity index (χ0v) is 10.2. The summed E-state index contributed by atoms with van der Waals surface area (Å²) in [5.74, 6) is 0.0348. The SMILES string of the molecule is CC(C(=O)c1ccc(Cl)cc1)N(C)CCO. The van der Waals surface area contributed by atoms with Crippen LogP contribution in [0.3, 0.4) is 0 Å². The number of likely N-dealkylation sites (N-methyl/N-ethyl adjacent to an activating group) is 1. The second-order valence-corrected chi connectivity index (χ2v) is 4.19. The highest BCUT2D eigenvalue weighted by atomic mass is 35.5. The molecular weight excluding hydrogens is 226 g/mol. The second kappa shape index (κ2) is 5.99. The van der Waals surface area contributed by atoms with E-state index in [0.717, 1.165) is 0 Å². The van der Waals surface area contributed by atoms with Gasteiger partial charge < -0.3 is 5.11 Å². The number of aliphatic hydroxyl groups is 1. The Morgan fingerprint density at radius 1 is 1.44 bits per heavy atom. The molecular formula is C12H16ClNO2. The molecule has 1 atom stereocenters. The highest BCUT2D eigenvalue weighted by molar-refractivity contribution is 6.30. The van der Waals surface area contributed by atoms with Crippen molar-refractivity contribution in [2.24, 2.45) is 0 Å². The van der Waals surface area contributed by atoms with Crippen LogP contribution in [0.5, 0.6) is 0 Å². The summed E-state index contributed by atoms with van der Waals surface area (Å²) in [6.45, 7) is 2.36. The zero-order chi connectivity index (χ0) is 12.1. The molecule has 0 saturated carbocycles. The van der Waals surface area contributed by atoms with Gasteiger partial charge in [-0.3, -0.25) is 9.69 Å². The summed E-state index contributed by atoms with van der Waals surface area (Å²) in [5.41, 5.74) is 0.640. The van der Waals surface area contributed by atoms with Crippen LogP contribution in [0, 0.1) is 0 Å². The summed E-state index contributed by atoms with van der Waals surface area (Å²) in [6.07, 6.45) is 0.